The molecule has 23 heavy (non-hydrogen) atoms. The van der Waals surface area contributed by atoms with E-state index in [0.717, 1.165) is 6.26 Å². The number of sulfonamides is 1. The Morgan fingerprint density at radius 1 is 1.43 bits per heavy atom. The van der Waals surface area contributed by atoms with Crippen molar-refractivity contribution in [3.63, 3.8) is 0 Å². The molecule has 0 saturated carbocycles. The van der Waals surface area contributed by atoms with Crippen molar-refractivity contribution < 1.29 is 27.5 Å². The van der Waals surface area contributed by atoms with Gasteiger partial charge in [0, 0.05) is 19.6 Å². The Bertz CT molecular complexity index is 641. The van der Waals surface area contributed by atoms with E-state index < -0.39 is 16.0 Å². The second kappa shape index (κ2) is 7.43. The van der Waals surface area contributed by atoms with Crippen LogP contribution in [0.15, 0.2) is 16.5 Å². The van der Waals surface area contributed by atoms with Gasteiger partial charge in [0.25, 0.3) is 0 Å². The molecular weight excluding hydrogens is 324 g/mol. The highest BCUT2D eigenvalue weighted by molar-refractivity contribution is 7.88. The number of carboxylic acid groups (broad SMARTS) is 1. The van der Waals surface area contributed by atoms with Gasteiger partial charge in [0.2, 0.25) is 10.0 Å². The quantitative estimate of drug-likeness (QED) is 0.760. The highest BCUT2D eigenvalue weighted by atomic mass is 32.2. The summed E-state index contributed by atoms with van der Waals surface area (Å²) in [7, 11) is -1.77. The van der Waals surface area contributed by atoms with Crippen molar-refractivity contribution in [3.8, 4) is 0 Å². The first-order valence-corrected chi connectivity index (χ1v) is 9.13. The van der Waals surface area contributed by atoms with E-state index in [1.54, 1.807) is 12.1 Å². The molecule has 1 saturated heterocycles. The van der Waals surface area contributed by atoms with Crippen LogP contribution in [-0.4, -0.2) is 67.8 Å². The molecule has 1 atom stereocenters. The minimum atomic E-state index is -3.26. The molecule has 130 valence electrons. The van der Waals surface area contributed by atoms with Gasteiger partial charge in [0.15, 0.2) is 0 Å². The van der Waals surface area contributed by atoms with Crippen LogP contribution in [-0.2, 0) is 32.6 Å². The summed E-state index contributed by atoms with van der Waals surface area (Å²) >= 11 is 0. The van der Waals surface area contributed by atoms with Gasteiger partial charge in [-0.15, -0.1) is 0 Å². The monoisotopic (exact) mass is 346 g/mol. The summed E-state index contributed by atoms with van der Waals surface area (Å²) in [5.41, 5.74) is 0. The van der Waals surface area contributed by atoms with Crippen LogP contribution in [0.25, 0.3) is 0 Å². The SMILES string of the molecule is CN(Cc1ccc(CN2CCOC[C@H]2CC(=O)O)o1)S(C)(=O)=O. The summed E-state index contributed by atoms with van der Waals surface area (Å²) in [5.74, 6) is 0.371. The molecule has 0 aromatic carbocycles. The average molecular weight is 346 g/mol. The lowest BCUT2D eigenvalue weighted by Crippen LogP contribution is -2.45. The first kappa shape index (κ1) is 17.9. The topological polar surface area (TPSA) is 100 Å². The van der Waals surface area contributed by atoms with E-state index in [0.29, 0.717) is 37.8 Å². The Morgan fingerprint density at radius 3 is 2.78 bits per heavy atom. The zero-order chi connectivity index (χ0) is 17.0. The van der Waals surface area contributed by atoms with Crippen LogP contribution >= 0.6 is 0 Å². The van der Waals surface area contributed by atoms with Crippen molar-refractivity contribution in [2.75, 3.05) is 33.1 Å². The molecule has 2 rings (SSSR count). The standard InChI is InChI=1S/C14H22N2O6S/c1-15(23(2,19)20)8-12-3-4-13(22-12)9-16-5-6-21-10-11(16)7-14(17)18/h3-4,11H,5-10H2,1-2H3,(H,17,18)/t11-/m1/s1. The number of hydrogen-bond acceptors (Lipinski definition) is 6. The van der Waals surface area contributed by atoms with Gasteiger partial charge in [-0.2, -0.15) is 4.31 Å². The van der Waals surface area contributed by atoms with Crippen LogP contribution in [0.2, 0.25) is 0 Å². The third-order valence-electron chi connectivity index (χ3n) is 3.78. The van der Waals surface area contributed by atoms with E-state index in [9.17, 15) is 13.2 Å². The van der Waals surface area contributed by atoms with E-state index in [1.807, 2.05) is 4.90 Å². The fourth-order valence-electron chi connectivity index (χ4n) is 2.42. The van der Waals surface area contributed by atoms with Crippen LogP contribution in [0.4, 0.5) is 0 Å². The molecule has 9 heteroatoms. The molecular formula is C14H22N2O6S. The molecule has 1 aliphatic rings. The normalized spacial score (nSPS) is 20.0. The van der Waals surface area contributed by atoms with Gasteiger partial charge in [-0.3, -0.25) is 9.69 Å². The number of furan rings is 1. The minimum Gasteiger partial charge on any atom is -0.481 e. The Kier molecular flexibility index (Phi) is 5.79. The van der Waals surface area contributed by atoms with Gasteiger partial charge in [-0.25, -0.2) is 8.42 Å². The number of rotatable bonds is 7. The molecule has 8 nitrogen and oxygen atoms in total. The van der Waals surface area contributed by atoms with E-state index >= 15 is 0 Å². The van der Waals surface area contributed by atoms with Gasteiger partial charge in [0.05, 0.1) is 39.0 Å². The van der Waals surface area contributed by atoms with E-state index in [1.165, 1.54) is 11.4 Å². The Morgan fingerprint density at radius 2 is 2.13 bits per heavy atom. The molecule has 0 bridgehead atoms. The number of morpholine rings is 1. The maximum absolute atomic E-state index is 11.4. The molecule has 1 fully saturated rings. The second-order valence-electron chi connectivity index (χ2n) is 5.68. The van der Waals surface area contributed by atoms with Crippen molar-refractivity contribution in [3.05, 3.63) is 23.7 Å². The summed E-state index contributed by atoms with van der Waals surface area (Å²) < 4.78 is 35.0. The largest absolute Gasteiger partial charge is 0.481 e. The van der Waals surface area contributed by atoms with Gasteiger partial charge in [-0.05, 0) is 12.1 Å². The molecule has 0 unspecified atom stereocenters. The van der Waals surface area contributed by atoms with Gasteiger partial charge < -0.3 is 14.3 Å². The molecule has 0 amide bonds. The highest BCUT2D eigenvalue weighted by Gasteiger charge is 2.26. The van der Waals surface area contributed by atoms with Crippen molar-refractivity contribution in [2.24, 2.45) is 0 Å². The third kappa shape index (κ3) is 5.31. The molecule has 0 spiro atoms. The minimum absolute atomic E-state index is 0.0182. The summed E-state index contributed by atoms with van der Waals surface area (Å²) in [5, 5.41) is 8.96. The van der Waals surface area contributed by atoms with Gasteiger partial charge >= 0.3 is 5.97 Å². The smallest absolute Gasteiger partial charge is 0.305 e. The van der Waals surface area contributed by atoms with E-state index in [4.69, 9.17) is 14.3 Å². The summed E-state index contributed by atoms with van der Waals surface area (Å²) in [4.78, 5) is 12.9. The maximum Gasteiger partial charge on any atom is 0.305 e. The van der Waals surface area contributed by atoms with Crippen LogP contribution in [0.3, 0.4) is 0 Å². The van der Waals surface area contributed by atoms with Crippen molar-refractivity contribution >= 4 is 16.0 Å². The Balaban J connectivity index is 1.98. The zero-order valence-electron chi connectivity index (χ0n) is 13.3. The van der Waals surface area contributed by atoms with E-state index in [-0.39, 0.29) is 19.0 Å². The molecule has 2 heterocycles. The lowest BCUT2D eigenvalue weighted by Gasteiger charge is -2.34. The van der Waals surface area contributed by atoms with Crippen LogP contribution in [0.1, 0.15) is 17.9 Å². The zero-order valence-corrected chi connectivity index (χ0v) is 14.1. The Hall–Kier alpha value is -1.42. The molecule has 1 aromatic heterocycles. The van der Waals surface area contributed by atoms with Gasteiger partial charge in [-0.1, -0.05) is 0 Å². The van der Waals surface area contributed by atoms with Crippen LogP contribution in [0, 0.1) is 0 Å². The Labute approximate surface area is 135 Å². The fourth-order valence-corrected chi connectivity index (χ4v) is 2.78. The van der Waals surface area contributed by atoms with Crippen molar-refractivity contribution in [1.82, 2.24) is 9.21 Å². The first-order valence-electron chi connectivity index (χ1n) is 7.28. The van der Waals surface area contributed by atoms with E-state index in [2.05, 4.69) is 0 Å². The number of nitrogens with zero attached hydrogens (tertiary/aromatic N) is 2. The fraction of sp³-hybridized carbons (Fsp3) is 0.643. The summed E-state index contributed by atoms with van der Waals surface area (Å²) in [6, 6.07) is 3.34. The molecule has 1 N–H and O–H groups in total. The van der Waals surface area contributed by atoms with Crippen LogP contribution < -0.4 is 0 Å². The molecule has 1 aliphatic heterocycles. The predicted octanol–water partition coefficient (Wildman–Crippen LogP) is 0.347. The summed E-state index contributed by atoms with van der Waals surface area (Å²) in [6.07, 6.45) is 1.16. The lowest BCUT2D eigenvalue weighted by molar-refractivity contribution is -0.140. The number of hydrogen-bond donors (Lipinski definition) is 1. The maximum atomic E-state index is 11.4. The number of carbonyl (C=O) groups is 1. The van der Waals surface area contributed by atoms with Crippen molar-refractivity contribution in [2.45, 2.75) is 25.6 Å². The predicted molar refractivity (Wildman–Crippen MR) is 82.3 cm³/mol. The third-order valence-corrected chi connectivity index (χ3v) is 5.04. The highest BCUT2D eigenvalue weighted by Crippen LogP contribution is 2.18. The number of aliphatic carboxylic acids is 1. The molecule has 0 aliphatic carbocycles. The summed E-state index contributed by atoms with van der Waals surface area (Å²) in [6.45, 7) is 2.22. The van der Waals surface area contributed by atoms with Gasteiger partial charge in [0.1, 0.15) is 11.5 Å². The van der Waals surface area contributed by atoms with Crippen LogP contribution in [0.5, 0.6) is 0 Å². The molecule has 0 radical (unpaired) electrons. The number of ether oxygens (including phenoxy) is 1. The second-order valence-corrected chi connectivity index (χ2v) is 7.77. The molecule has 1 aromatic rings. The average Bonchev–Trinajstić information content (AvgIpc) is 2.86. The number of carboxylic acids is 1. The van der Waals surface area contributed by atoms with Crippen molar-refractivity contribution in [1.29, 1.82) is 0 Å². The lowest BCUT2D eigenvalue weighted by atomic mass is 10.1. The first-order chi connectivity index (χ1) is 10.8.